The van der Waals surface area contributed by atoms with Gasteiger partial charge in [0.05, 0.1) is 4.92 Å². The normalized spacial score (nSPS) is 11.8. The minimum Gasteiger partial charge on any atom is -0.321 e. The number of ketones is 1. The van der Waals surface area contributed by atoms with Crippen molar-refractivity contribution in [1.82, 2.24) is 0 Å². The fourth-order valence-corrected chi connectivity index (χ4v) is 2.50. The molecule has 0 saturated carbocycles. The Hall–Kier alpha value is -3.02. The quantitative estimate of drug-likeness (QED) is 0.578. The molecule has 1 aliphatic rings. The van der Waals surface area contributed by atoms with Gasteiger partial charge in [0.2, 0.25) is 5.91 Å². The van der Waals surface area contributed by atoms with Crippen molar-refractivity contribution in [3.8, 4) is 11.1 Å². The van der Waals surface area contributed by atoms with Crippen LogP contribution in [0.2, 0.25) is 0 Å². The van der Waals surface area contributed by atoms with Crippen molar-refractivity contribution in [3.05, 3.63) is 57.6 Å². The first kappa shape index (κ1) is 13.0. The fourth-order valence-electron chi connectivity index (χ4n) is 2.50. The van der Waals surface area contributed by atoms with Crippen molar-refractivity contribution in [2.75, 3.05) is 5.32 Å². The lowest BCUT2D eigenvalue weighted by atomic mass is 10.0. The summed E-state index contributed by atoms with van der Waals surface area (Å²) in [7, 11) is 0. The molecule has 1 aliphatic carbocycles. The van der Waals surface area contributed by atoms with E-state index < -0.39 is 10.8 Å². The van der Waals surface area contributed by atoms with Crippen LogP contribution in [0.5, 0.6) is 0 Å². The van der Waals surface area contributed by atoms with E-state index in [1.54, 1.807) is 24.3 Å². The van der Waals surface area contributed by atoms with E-state index >= 15 is 0 Å². The highest BCUT2D eigenvalue weighted by atomic mass is 16.6. The second kappa shape index (κ2) is 4.52. The van der Waals surface area contributed by atoms with Crippen molar-refractivity contribution < 1.29 is 14.5 Å². The van der Waals surface area contributed by atoms with Gasteiger partial charge in [0, 0.05) is 29.7 Å². The molecule has 2 aromatic rings. The third-order valence-electron chi connectivity index (χ3n) is 3.35. The number of hydrogen-bond donors (Lipinski definition) is 1. The molecule has 1 amide bonds. The summed E-state index contributed by atoms with van der Waals surface area (Å²) >= 11 is 0. The minimum absolute atomic E-state index is 0.0346. The van der Waals surface area contributed by atoms with Crippen LogP contribution in [0.3, 0.4) is 0 Å². The first-order valence-corrected chi connectivity index (χ1v) is 6.23. The molecule has 0 heterocycles. The molecule has 0 aromatic heterocycles. The largest absolute Gasteiger partial charge is 0.321 e. The molecule has 104 valence electrons. The number of benzene rings is 2. The topological polar surface area (TPSA) is 89.3 Å². The lowest BCUT2D eigenvalue weighted by Gasteiger charge is -2.06. The van der Waals surface area contributed by atoms with Crippen molar-refractivity contribution >= 4 is 23.1 Å². The number of anilines is 1. The zero-order valence-corrected chi connectivity index (χ0v) is 11.0. The van der Waals surface area contributed by atoms with E-state index in [1.165, 1.54) is 19.1 Å². The third-order valence-corrected chi connectivity index (χ3v) is 3.35. The molecule has 0 unspecified atom stereocenters. The van der Waals surface area contributed by atoms with E-state index in [0.29, 0.717) is 22.3 Å². The van der Waals surface area contributed by atoms with Gasteiger partial charge in [-0.15, -0.1) is 0 Å². The van der Waals surface area contributed by atoms with Gasteiger partial charge in [0.1, 0.15) is 5.69 Å². The molecule has 21 heavy (non-hydrogen) atoms. The Morgan fingerprint density at radius 2 is 1.76 bits per heavy atom. The van der Waals surface area contributed by atoms with Gasteiger partial charge in [0.25, 0.3) is 5.69 Å². The molecule has 1 N–H and O–H groups in total. The number of nitrogens with one attached hydrogen (secondary N) is 1. The van der Waals surface area contributed by atoms with Gasteiger partial charge in [-0.05, 0) is 11.6 Å². The smallest absolute Gasteiger partial charge is 0.293 e. The Morgan fingerprint density at radius 1 is 1.10 bits per heavy atom. The number of nitrogens with zero attached hydrogens (tertiary/aromatic N) is 1. The summed E-state index contributed by atoms with van der Waals surface area (Å²) < 4.78 is 0. The van der Waals surface area contributed by atoms with Crippen LogP contribution >= 0.6 is 0 Å². The number of nitro benzene ring substituents is 1. The number of amides is 1. The van der Waals surface area contributed by atoms with E-state index in [1.807, 2.05) is 0 Å². The summed E-state index contributed by atoms with van der Waals surface area (Å²) in [6, 6.07) is 9.66. The summed E-state index contributed by atoms with van der Waals surface area (Å²) in [5.41, 5.74) is 1.89. The van der Waals surface area contributed by atoms with Gasteiger partial charge < -0.3 is 5.32 Å². The summed E-state index contributed by atoms with van der Waals surface area (Å²) in [5.74, 6) is -0.622. The average molecular weight is 282 g/mol. The highest BCUT2D eigenvalue weighted by Gasteiger charge is 2.30. The van der Waals surface area contributed by atoms with Gasteiger partial charge in [-0.25, -0.2) is 0 Å². The van der Waals surface area contributed by atoms with Gasteiger partial charge in [-0.2, -0.15) is 0 Å². The van der Waals surface area contributed by atoms with Crippen LogP contribution in [0.15, 0.2) is 36.4 Å². The molecule has 0 saturated heterocycles. The lowest BCUT2D eigenvalue weighted by molar-refractivity contribution is -0.383. The molecule has 3 rings (SSSR count). The Balaban J connectivity index is 2.26. The van der Waals surface area contributed by atoms with Gasteiger partial charge >= 0.3 is 0 Å². The maximum Gasteiger partial charge on any atom is 0.293 e. The van der Waals surface area contributed by atoms with E-state index in [-0.39, 0.29) is 17.2 Å². The van der Waals surface area contributed by atoms with Crippen molar-refractivity contribution in [3.63, 3.8) is 0 Å². The Bertz CT molecular complexity index is 811. The summed E-state index contributed by atoms with van der Waals surface area (Å²) in [6.07, 6.45) is 0. The van der Waals surface area contributed by atoms with Crippen LogP contribution in [0.1, 0.15) is 22.8 Å². The average Bonchev–Trinajstić information content (AvgIpc) is 2.71. The van der Waals surface area contributed by atoms with E-state index in [9.17, 15) is 19.7 Å². The van der Waals surface area contributed by atoms with E-state index in [2.05, 4.69) is 5.32 Å². The monoisotopic (exact) mass is 282 g/mol. The number of nitro groups is 1. The summed E-state index contributed by atoms with van der Waals surface area (Å²) in [6.45, 7) is 1.26. The summed E-state index contributed by atoms with van der Waals surface area (Å²) in [4.78, 5) is 34.1. The molecule has 0 aliphatic heterocycles. The zero-order valence-electron chi connectivity index (χ0n) is 11.0. The minimum atomic E-state index is -0.572. The Labute approximate surface area is 119 Å². The summed E-state index contributed by atoms with van der Waals surface area (Å²) in [5, 5.41) is 13.6. The third kappa shape index (κ3) is 1.97. The van der Waals surface area contributed by atoms with Crippen LogP contribution in [0, 0.1) is 10.1 Å². The molecule has 0 radical (unpaired) electrons. The number of rotatable bonds is 2. The molecule has 0 fully saturated rings. The van der Waals surface area contributed by atoms with Gasteiger partial charge in [0.15, 0.2) is 5.78 Å². The first-order chi connectivity index (χ1) is 9.99. The molecule has 0 spiro atoms. The van der Waals surface area contributed by atoms with E-state index in [0.717, 1.165) is 0 Å². The molecule has 2 aromatic carbocycles. The molecular weight excluding hydrogens is 272 g/mol. The molecular formula is C15H10N2O4. The Morgan fingerprint density at radius 3 is 2.38 bits per heavy atom. The molecule has 0 atom stereocenters. The van der Waals surface area contributed by atoms with Crippen molar-refractivity contribution in [2.24, 2.45) is 0 Å². The van der Waals surface area contributed by atoms with Crippen LogP contribution in [0.25, 0.3) is 11.1 Å². The van der Waals surface area contributed by atoms with Gasteiger partial charge in [-0.3, -0.25) is 19.7 Å². The molecule has 0 bridgehead atoms. The first-order valence-electron chi connectivity index (χ1n) is 6.23. The lowest BCUT2D eigenvalue weighted by Crippen LogP contribution is -2.09. The van der Waals surface area contributed by atoms with Crippen LogP contribution < -0.4 is 5.32 Å². The zero-order chi connectivity index (χ0) is 15.1. The highest BCUT2D eigenvalue weighted by molar-refractivity contribution is 6.22. The number of carbonyl (C=O) groups is 2. The number of hydrogen-bond acceptors (Lipinski definition) is 4. The second-order valence-electron chi connectivity index (χ2n) is 4.73. The fraction of sp³-hybridized carbons (Fsp3) is 0.0667. The highest BCUT2D eigenvalue weighted by Crippen LogP contribution is 2.41. The maximum atomic E-state index is 12.3. The van der Waals surface area contributed by atoms with E-state index in [4.69, 9.17) is 0 Å². The van der Waals surface area contributed by atoms with Gasteiger partial charge in [-0.1, -0.05) is 24.3 Å². The number of carbonyl (C=O) groups excluding carboxylic acids is 2. The van der Waals surface area contributed by atoms with Crippen molar-refractivity contribution in [2.45, 2.75) is 6.92 Å². The SMILES string of the molecule is CC(=O)Nc1cc2c(cc1[N+](=O)[O-])-c1ccccc1C2=O. The molecule has 6 nitrogen and oxygen atoms in total. The van der Waals surface area contributed by atoms with Crippen molar-refractivity contribution in [1.29, 1.82) is 0 Å². The van der Waals surface area contributed by atoms with Crippen LogP contribution in [0.4, 0.5) is 11.4 Å². The maximum absolute atomic E-state index is 12.3. The second-order valence-corrected chi connectivity index (χ2v) is 4.73. The number of fused-ring (bicyclic) bond motifs is 3. The predicted molar refractivity (Wildman–Crippen MR) is 76.3 cm³/mol. The van der Waals surface area contributed by atoms with Crippen LogP contribution in [-0.4, -0.2) is 16.6 Å². The standard InChI is InChI=1S/C15H10N2O4/c1-8(18)16-13-6-12-11(7-14(13)17(20)21)9-4-2-3-5-10(9)15(12)19/h2-7H,1H3,(H,16,18). The predicted octanol–water partition coefficient (Wildman–Crippen LogP) is 2.76. The molecule has 6 heteroatoms. The van der Waals surface area contributed by atoms with Crippen LogP contribution in [-0.2, 0) is 4.79 Å². The Kier molecular flexibility index (Phi) is 2.79.